The third kappa shape index (κ3) is 6.42. The van der Waals surface area contributed by atoms with E-state index in [9.17, 15) is 14.7 Å². The molecule has 1 fully saturated rings. The molecule has 0 radical (unpaired) electrons. The van der Waals surface area contributed by atoms with Crippen LogP contribution in [0.25, 0.3) is 5.76 Å². The van der Waals surface area contributed by atoms with Gasteiger partial charge in [-0.3, -0.25) is 9.59 Å². The number of carbonyl (C=O) groups is 2. The SMILES string of the molecule is CC(C)COc1cccc(/C(O)=C2/C(=O)C(=O)N(CCN(C)C)C2c2cccc(OC(C)C)c2)c1. The van der Waals surface area contributed by atoms with Crippen LogP contribution >= 0.6 is 0 Å². The zero-order valence-electron chi connectivity index (χ0n) is 21.4. The number of nitrogens with zero attached hydrogens (tertiary/aromatic N) is 2. The van der Waals surface area contributed by atoms with E-state index in [0.717, 1.165) is 0 Å². The Morgan fingerprint density at radius 3 is 2.37 bits per heavy atom. The van der Waals surface area contributed by atoms with E-state index < -0.39 is 17.7 Å². The van der Waals surface area contributed by atoms with Crippen molar-refractivity contribution in [2.75, 3.05) is 33.8 Å². The number of hydrogen-bond acceptors (Lipinski definition) is 6. The lowest BCUT2D eigenvalue weighted by atomic mass is 9.95. The smallest absolute Gasteiger partial charge is 0.295 e. The van der Waals surface area contributed by atoms with E-state index in [2.05, 4.69) is 13.8 Å². The number of likely N-dealkylation sites (tertiary alicyclic amines) is 1. The van der Waals surface area contributed by atoms with Crippen LogP contribution in [0.1, 0.15) is 44.9 Å². The summed E-state index contributed by atoms with van der Waals surface area (Å²) in [7, 11) is 3.82. The van der Waals surface area contributed by atoms with Crippen molar-refractivity contribution in [1.29, 1.82) is 0 Å². The quantitative estimate of drug-likeness (QED) is 0.307. The number of likely N-dealkylation sites (N-methyl/N-ethyl adjacent to an activating group) is 1. The van der Waals surface area contributed by atoms with Gasteiger partial charge in [0.15, 0.2) is 0 Å². The number of benzene rings is 2. The normalized spacial score (nSPS) is 17.6. The molecule has 1 amide bonds. The highest BCUT2D eigenvalue weighted by Crippen LogP contribution is 2.40. The summed E-state index contributed by atoms with van der Waals surface area (Å²) in [6, 6.07) is 13.6. The maximum absolute atomic E-state index is 13.2. The third-order valence-electron chi connectivity index (χ3n) is 5.56. The van der Waals surface area contributed by atoms with Gasteiger partial charge in [-0.1, -0.05) is 38.1 Å². The number of hydrogen-bond donors (Lipinski definition) is 1. The Labute approximate surface area is 207 Å². The molecule has 2 aromatic carbocycles. The first-order valence-electron chi connectivity index (χ1n) is 12.0. The van der Waals surface area contributed by atoms with E-state index >= 15 is 0 Å². The molecular weight excluding hydrogens is 444 g/mol. The number of aliphatic hydroxyl groups is 1. The molecule has 0 aliphatic carbocycles. The van der Waals surface area contributed by atoms with Crippen LogP contribution in [0.3, 0.4) is 0 Å². The molecule has 1 heterocycles. The van der Waals surface area contributed by atoms with Gasteiger partial charge in [0, 0.05) is 18.7 Å². The molecule has 1 unspecified atom stereocenters. The molecule has 2 aromatic rings. The van der Waals surface area contributed by atoms with Crippen molar-refractivity contribution in [3.63, 3.8) is 0 Å². The molecule has 0 bridgehead atoms. The number of carbonyl (C=O) groups excluding carboxylic acids is 2. The summed E-state index contributed by atoms with van der Waals surface area (Å²) in [4.78, 5) is 29.8. The van der Waals surface area contributed by atoms with E-state index in [1.54, 1.807) is 24.3 Å². The van der Waals surface area contributed by atoms with Crippen molar-refractivity contribution in [3.05, 3.63) is 65.2 Å². The average molecular weight is 481 g/mol. The van der Waals surface area contributed by atoms with E-state index in [1.807, 2.05) is 57.1 Å². The Bertz CT molecular complexity index is 1090. The number of Topliss-reactive ketones (excluding diaryl/α,β-unsaturated/α-hetero) is 1. The standard InChI is InChI=1S/C28H36N2O5/c1-18(2)17-34-22-11-8-10-21(16-22)26(31)24-25(20-9-7-12-23(15-20)35-19(3)4)30(14-13-29(5)6)28(33)27(24)32/h7-12,15-16,18-19,25,31H,13-14,17H2,1-6H3/b26-24-. The highest BCUT2D eigenvalue weighted by Gasteiger charge is 2.46. The van der Waals surface area contributed by atoms with E-state index in [1.165, 1.54) is 4.90 Å². The van der Waals surface area contributed by atoms with Crippen molar-refractivity contribution in [3.8, 4) is 11.5 Å². The minimum absolute atomic E-state index is 0.0288. The lowest BCUT2D eigenvalue weighted by Gasteiger charge is -2.27. The number of ketones is 1. The molecule has 0 aromatic heterocycles. The van der Waals surface area contributed by atoms with Gasteiger partial charge in [-0.2, -0.15) is 0 Å². The van der Waals surface area contributed by atoms with Crippen LogP contribution < -0.4 is 9.47 Å². The summed E-state index contributed by atoms with van der Waals surface area (Å²) >= 11 is 0. The van der Waals surface area contributed by atoms with Crippen molar-refractivity contribution >= 4 is 17.4 Å². The van der Waals surface area contributed by atoms with Gasteiger partial charge in [0.25, 0.3) is 11.7 Å². The van der Waals surface area contributed by atoms with Gasteiger partial charge < -0.3 is 24.4 Å². The Morgan fingerprint density at radius 2 is 1.71 bits per heavy atom. The summed E-state index contributed by atoms with van der Waals surface area (Å²) in [5.74, 6) is 0.0319. The Balaban J connectivity index is 2.10. The van der Waals surface area contributed by atoms with Gasteiger partial charge in [0.05, 0.1) is 24.3 Å². The van der Waals surface area contributed by atoms with Crippen molar-refractivity contribution in [2.45, 2.75) is 39.8 Å². The maximum Gasteiger partial charge on any atom is 0.295 e. The third-order valence-corrected chi connectivity index (χ3v) is 5.56. The fraction of sp³-hybridized carbons (Fsp3) is 0.429. The second-order valence-corrected chi connectivity index (χ2v) is 9.77. The van der Waals surface area contributed by atoms with Crippen LogP contribution in [-0.2, 0) is 9.59 Å². The second-order valence-electron chi connectivity index (χ2n) is 9.77. The van der Waals surface area contributed by atoms with Gasteiger partial charge >= 0.3 is 0 Å². The van der Waals surface area contributed by atoms with Gasteiger partial charge in [-0.25, -0.2) is 0 Å². The molecular formula is C28H36N2O5. The summed E-state index contributed by atoms with van der Waals surface area (Å²) in [5, 5.41) is 11.3. The molecule has 1 atom stereocenters. The largest absolute Gasteiger partial charge is 0.507 e. The van der Waals surface area contributed by atoms with Gasteiger partial charge in [-0.15, -0.1) is 0 Å². The second kappa shape index (κ2) is 11.4. The fourth-order valence-corrected chi connectivity index (χ4v) is 3.95. The highest BCUT2D eigenvalue weighted by atomic mass is 16.5. The predicted octanol–water partition coefficient (Wildman–Crippen LogP) is 4.49. The number of rotatable bonds is 10. The zero-order chi connectivity index (χ0) is 25.7. The van der Waals surface area contributed by atoms with Gasteiger partial charge in [0.1, 0.15) is 17.3 Å². The molecule has 1 aliphatic heterocycles. The molecule has 1 aliphatic rings. The van der Waals surface area contributed by atoms with Crippen LogP contribution in [0.15, 0.2) is 54.1 Å². The lowest BCUT2D eigenvalue weighted by molar-refractivity contribution is -0.140. The van der Waals surface area contributed by atoms with Crippen LogP contribution in [0.4, 0.5) is 0 Å². The first-order valence-corrected chi connectivity index (χ1v) is 12.0. The molecule has 0 saturated carbocycles. The predicted molar refractivity (Wildman–Crippen MR) is 137 cm³/mol. The minimum Gasteiger partial charge on any atom is -0.507 e. The number of aliphatic hydroxyl groups excluding tert-OH is 1. The number of amides is 1. The first-order chi connectivity index (χ1) is 16.6. The molecule has 0 spiro atoms. The average Bonchev–Trinajstić information content (AvgIpc) is 3.05. The van der Waals surface area contributed by atoms with Crippen LogP contribution in [0, 0.1) is 5.92 Å². The van der Waals surface area contributed by atoms with E-state index in [-0.39, 0.29) is 17.4 Å². The molecule has 1 N–H and O–H groups in total. The van der Waals surface area contributed by atoms with Gasteiger partial charge in [-0.05, 0) is 63.7 Å². The summed E-state index contributed by atoms with van der Waals surface area (Å²) in [6.07, 6.45) is -0.0288. The first kappa shape index (κ1) is 26.3. The van der Waals surface area contributed by atoms with E-state index in [0.29, 0.717) is 48.2 Å². The molecule has 7 nitrogen and oxygen atoms in total. The van der Waals surface area contributed by atoms with Crippen LogP contribution in [0.5, 0.6) is 11.5 Å². The lowest BCUT2D eigenvalue weighted by Crippen LogP contribution is -2.35. The maximum atomic E-state index is 13.2. The summed E-state index contributed by atoms with van der Waals surface area (Å²) < 4.78 is 11.7. The molecule has 1 saturated heterocycles. The molecule has 7 heteroatoms. The van der Waals surface area contributed by atoms with Gasteiger partial charge in [0.2, 0.25) is 0 Å². The molecule has 35 heavy (non-hydrogen) atoms. The van der Waals surface area contributed by atoms with Crippen molar-refractivity contribution in [2.24, 2.45) is 5.92 Å². The zero-order valence-corrected chi connectivity index (χ0v) is 21.4. The minimum atomic E-state index is -0.731. The van der Waals surface area contributed by atoms with Crippen molar-refractivity contribution < 1.29 is 24.2 Å². The van der Waals surface area contributed by atoms with Crippen LogP contribution in [0.2, 0.25) is 0 Å². The number of ether oxygens (including phenoxy) is 2. The Morgan fingerprint density at radius 1 is 1.03 bits per heavy atom. The summed E-state index contributed by atoms with van der Waals surface area (Å²) in [5.41, 5.74) is 1.20. The fourth-order valence-electron chi connectivity index (χ4n) is 3.95. The Kier molecular flexibility index (Phi) is 8.57. The highest BCUT2D eigenvalue weighted by molar-refractivity contribution is 6.46. The summed E-state index contributed by atoms with van der Waals surface area (Å²) in [6.45, 7) is 9.42. The van der Waals surface area contributed by atoms with E-state index in [4.69, 9.17) is 9.47 Å². The molecule has 3 rings (SSSR count). The van der Waals surface area contributed by atoms with Crippen LogP contribution in [-0.4, -0.2) is 66.5 Å². The Hall–Kier alpha value is -3.32. The monoisotopic (exact) mass is 480 g/mol. The topological polar surface area (TPSA) is 79.3 Å². The van der Waals surface area contributed by atoms with Crippen molar-refractivity contribution in [1.82, 2.24) is 9.80 Å². The molecule has 188 valence electrons.